The second-order valence-electron chi connectivity index (χ2n) is 11.6. The predicted molar refractivity (Wildman–Crippen MR) is 167 cm³/mol. The van der Waals surface area contributed by atoms with Crippen molar-refractivity contribution in [2.45, 2.75) is 65.5 Å². The largest absolute Gasteiger partial charge is 0.444 e. The zero-order valence-electron chi connectivity index (χ0n) is 25.3. The van der Waals surface area contributed by atoms with Gasteiger partial charge in [-0.05, 0) is 70.4 Å². The van der Waals surface area contributed by atoms with Crippen LogP contribution in [0.3, 0.4) is 0 Å². The van der Waals surface area contributed by atoms with Gasteiger partial charge in [0, 0.05) is 54.4 Å². The topological polar surface area (TPSA) is 119 Å². The maximum Gasteiger partial charge on any atom is 0.410 e. The predicted octanol–water partition coefficient (Wildman–Crippen LogP) is 6.95. The Kier molecular flexibility index (Phi) is 8.75. The number of nitrogens with zero attached hydrogens (tertiary/aromatic N) is 4. The molecule has 4 aromatic rings. The van der Waals surface area contributed by atoms with E-state index in [4.69, 9.17) is 14.5 Å². The number of hydrogen-bond acceptors (Lipinski definition) is 8. The molecule has 0 bridgehead atoms. The van der Waals surface area contributed by atoms with E-state index < -0.39 is 5.60 Å². The highest BCUT2D eigenvalue weighted by Crippen LogP contribution is 2.38. The van der Waals surface area contributed by atoms with Gasteiger partial charge in [-0.15, -0.1) is 0 Å². The Bertz CT molecular complexity index is 1630. The Labute approximate surface area is 251 Å². The van der Waals surface area contributed by atoms with Crippen LogP contribution in [-0.4, -0.2) is 56.6 Å². The van der Waals surface area contributed by atoms with Gasteiger partial charge in [0.1, 0.15) is 11.4 Å². The minimum absolute atomic E-state index is 0.0122. The van der Waals surface area contributed by atoms with E-state index in [0.29, 0.717) is 48.3 Å². The molecular formula is C33H38N6O4. The second-order valence-corrected chi connectivity index (χ2v) is 11.6. The van der Waals surface area contributed by atoms with Crippen molar-refractivity contribution in [2.75, 3.05) is 23.7 Å². The lowest BCUT2D eigenvalue weighted by atomic mass is 10.0. The minimum atomic E-state index is -0.545. The molecule has 10 heteroatoms. The highest BCUT2D eigenvalue weighted by Gasteiger charge is 2.28. The number of carbonyl (C=O) groups excluding carboxylic acids is 2. The van der Waals surface area contributed by atoms with Crippen LogP contribution in [0.25, 0.3) is 22.0 Å². The average Bonchev–Trinajstić information content (AvgIpc) is 2.98. The summed E-state index contributed by atoms with van der Waals surface area (Å²) in [5.41, 5.74) is 2.47. The Morgan fingerprint density at radius 2 is 1.86 bits per heavy atom. The molecule has 5 rings (SSSR count). The van der Waals surface area contributed by atoms with Gasteiger partial charge in [0.2, 0.25) is 17.7 Å². The molecule has 1 aliphatic rings. The summed E-state index contributed by atoms with van der Waals surface area (Å²) in [5.74, 6) is 1.46. The average molecular weight is 583 g/mol. The van der Waals surface area contributed by atoms with Crippen molar-refractivity contribution in [3.05, 3.63) is 66.5 Å². The summed E-state index contributed by atoms with van der Waals surface area (Å²) in [4.78, 5) is 40.3. The van der Waals surface area contributed by atoms with Gasteiger partial charge in [-0.1, -0.05) is 31.2 Å². The lowest BCUT2D eigenvalue weighted by Gasteiger charge is -2.34. The van der Waals surface area contributed by atoms with Crippen molar-refractivity contribution in [3.63, 3.8) is 0 Å². The number of fused-ring (bicyclic) bond motifs is 1. The lowest BCUT2D eigenvalue weighted by Crippen LogP contribution is -2.47. The van der Waals surface area contributed by atoms with E-state index in [9.17, 15) is 9.59 Å². The molecule has 0 spiro atoms. The van der Waals surface area contributed by atoms with Crippen molar-refractivity contribution in [3.8, 4) is 22.9 Å². The van der Waals surface area contributed by atoms with Crippen LogP contribution in [0.1, 0.15) is 52.5 Å². The maximum atomic E-state index is 12.6. The molecule has 10 nitrogen and oxygen atoms in total. The molecule has 43 heavy (non-hydrogen) atoms. The second kappa shape index (κ2) is 12.6. The number of likely N-dealkylation sites (tertiary alicyclic amines) is 1. The molecule has 2 aromatic heterocycles. The van der Waals surface area contributed by atoms with E-state index in [1.54, 1.807) is 17.3 Å². The Hall–Kier alpha value is -4.73. The molecule has 3 heterocycles. The number of aryl methyl sites for hydroxylation is 1. The summed E-state index contributed by atoms with van der Waals surface area (Å²) < 4.78 is 12.1. The van der Waals surface area contributed by atoms with Crippen molar-refractivity contribution >= 4 is 34.4 Å². The van der Waals surface area contributed by atoms with Crippen LogP contribution in [-0.2, 0) is 9.53 Å². The van der Waals surface area contributed by atoms with Crippen LogP contribution >= 0.6 is 0 Å². The molecule has 0 saturated carbocycles. The van der Waals surface area contributed by atoms with E-state index in [0.717, 1.165) is 34.9 Å². The Morgan fingerprint density at radius 3 is 2.65 bits per heavy atom. The highest BCUT2D eigenvalue weighted by molar-refractivity contribution is 6.04. The van der Waals surface area contributed by atoms with Crippen LogP contribution in [0.5, 0.6) is 11.6 Å². The fourth-order valence-electron chi connectivity index (χ4n) is 5.03. The van der Waals surface area contributed by atoms with Crippen LogP contribution in [0, 0.1) is 6.92 Å². The molecule has 1 saturated heterocycles. The first-order valence-electron chi connectivity index (χ1n) is 14.6. The van der Waals surface area contributed by atoms with Gasteiger partial charge in [0.15, 0.2) is 0 Å². The van der Waals surface area contributed by atoms with Crippen molar-refractivity contribution < 1.29 is 19.1 Å². The fourth-order valence-corrected chi connectivity index (χ4v) is 5.03. The first kappa shape index (κ1) is 29.8. The quantitative estimate of drug-likeness (QED) is 0.240. The van der Waals surface area contributed by atoms with Gasteiger partial charge in [-0.2, -0.15) is 0 Å². The molecule has 0 aliphatic carbocycles. The number of pyridine rings is 1. The van der Waals surface area contributed by atoms with E-state index >= 15 is 0 Å². The lowest BCUT2D eigenvalue weighted by molar-refractivity contribution is -0.115. The molecule has 0 radical (unpaired) electrons. The third-order valence-electron chi connectivity index (χ3n) is 7.11. The number of anilines is 2. The summed E-state index contributed by atoms with van der Waals surface area (Å²) in [6.45, 7) is 10.6. The number of amides is 2. The molecule has 1 unspecified atom stereocenters. The monoisotopic (exact) mass is 582 g/mol. The zero-order chi connectivity index (χ0) is 30.6. The standard InChI is InChI=1S/C33H38N6O4/c1-6-28(40)37-26-13-7-11-24-23(26)15-14-21(2)29(24)42-30-25(12-8-17-34-30)27-16-18-35-31(38-27)36-22-10-9-19-39(20-22)32(41)43-33(3,4)5/h7-8,11-18,22H,6,9-10,19-20H2,1-5H3,(H,37,40)(H,35,36,38). The highest BCUT2D eigenvalue weighted by atomic mass is 16.6. The molecule has 2 aromatic carbocycles. The maximum absolute atomic E-state index is 12.6. The normalized spacial score (nSPS) is 15.2. The van der Waals surface area contributed by atoms with Crippen LogP contribution in [0.15, 0.2) is 60.9 Å². The number of nitrogens with one attached hydrogen (secondary N) is 2. The van der Waals surface area contributed by atoms with Crippen LogP contribution in [0.2, 0.25) is 0 Å². The zero-order valence-corrected chi connectivity index (χ0v) is 25.3. The van der Waals surface area contributed by atoms with Gasteiger partial charge in [-0.3, -0.25) is 4.79 Å². The first-order valence-corrected chi connectivity index (χ1v) is 14.6. The van der Waals surface area contributed by atoms with Gasteiger partial charge >= 0.3 is 6.09 Å². The van der Waals surface area contributed by atoms with Crippen LogP contribution in [0.4, 0.5) is 16.4 Å². The van der Waals surface area contributed by atoms with Gasteiger partial charge in [-0.25, -0.2) is 19.7 Å². The van der Waals surface area contributed by atoms with Crippen LogP contribution < -0.4 is 15.4 Å². The van der Waals surface area contributed by atoms with E-state index in [1.165, 1.54) is 0 Å². The van der Waals surface area contributed by atoms with Crippen molar-refractivity contribution in [1.29, 1.82) is 0 Å². The Morgan fingerprint density at radius 1 is 1.02 bits per heavy atom. The number of rotatable bonds is 7. The molecular weight excluding hydrogens is 544 g/mol. The molecule has 2 amide bonds. The van der Waals surface area contributed by atoms with E-state index in [-0.39, 0.29) is 18.0 Å². The van der Waals surface area contributed by atoms with Gasteiger partial charge < -0.3 is 25.0 Å². The van der Waals surface area contributed by atoms with Gasteiger partial charge in [0.25, 0.3) is 0 Å². The summed E-state index contributed by atoms with van der Waals surface area (Å²) in [5, 5.41) is 8.12. The number of piperidine rings is 1. The SMILES string of the molecule is CCC(=O)Nc1cccc2c(Oc3ncccc3-c3ccnc(NC4CCCN(C(=O)OC(C)(C)C)C4)n3)c(C)ccc12. The Balaban J connectivity index is 1.39. The number of ether oxygens (including phenoxy) is 2. The van der Waals surface area contributed by atoms with Crippen molar-refractivity contribution in [1.82, 2.24) is 19.9 Å². The summed E-state index contributed by atoms with van der Waals surface area (Å²) in [6, 6.07) is 15.3. The summed E-state index contributed by atoms with van der Waals surface area (Å²) in [7, 11) is 0. The number of benzene rings is 2. The third-order valence-corrected chi connectivity index (χ3v) is 7.11. The molecule has 2 N–H and O–H groups in total. The van der Waals surface area contributed by atoms with E-state index in [2.05, 4.69) is 20.6 Å². The number of carbonyl (C=O) groups is 2. The smallest absolute Gasteiger partial charge is 0.410 e. The molecule has 1 aliphatic heterocycles. The molecule has 1 atom stereocenters. The van der Waals surface area contributed by atoms with Crippen molar-refractivity contribution in [2.24, 2.45) is 0 Å². The number of hydrogen-bond donors (Lipinski definition) is 2. The van der Waals surface area contributed by atoms with Gasteiger partial charge in [0.05, 0.1) is 11.3 Å². The fraction of sp³-hybridized carbons (Fsp3) is 0.364. The minimum Gasteiger partial charge on any atom is -0.444 e. The molecule has 1 fully saturated rings. The molecule has 224 valence electrons. The van der Waals surface area contributed by atoms with E-state index in [1.807, 2.05) is 83.1 Å². The number of aromatic nitrogens is 3. The summed E-state index contributed by atoms with van der Waals surface area (Å²) >= 11 is 0. The first-order chi connectivity index (χ1) is 20.6. The third kappa shape index (κ3) is 7.20. The summed E-state index contributed by atoms with van der Waals surface area (Å²) in [6.07, 6.45) is 5.19.